The highest BCUT2D eigenvalue weighted by molar-refractivity contribution is 7.90. The normalized spacial score (nSPS) is 24.4. The number of benzene rings is 1. The lowest BCUT2D eigenvalue weighted by molar-refractivity contribution is -0.153. The van der Waals surface area contributed by atoms with Gasteiger partial charge in [0.25, 0.3) is 10.0 Å². The maximum atomic E-state index is 12.6. The predicted octanol–water partition coefficient (Wildman–Crippen LogP) is 2.24. The Balaban J connectivity index is 1.07. The van der Waals surface area contributed by atoms with Crippen molar-refractivity contribution in [1.29, 1.82) is 0 Å². The van der Waals surface area contributed by atoms with Crippen molar-refractivity contribution in [3.05, 3.63) is 29.8 Å². The molecule has 2 saturated heterocycles. The number of fused-ring (bicyclic) bond motifs is 1. The van der Waals surface area contributed by atoms with E-state index in [1.165, 1.54) is 4.90 Å². The molecule has 0 atom stereocenters. The molecule has 0 radical (unpaired) electrons. The second kappa shape index (κ2) is 8.83. The Kier molecular flexibility index (Phi) is 6.03. The average molecular weight is 473 g/mol. The molecule has 33 heavy (non-hydrogen) atoms. The number of amides is 2. The highest BCUT2D eigenvalue weighted by Gasteiger charge is 2.44. The van der Waals surface area contributed by atoms with Crippen molar-refractivity contribution < 1.29 is 18.0 Å². The smallest absolute Gasteiger partial charge is 0.285 e. The molecule has 0 bridgehead atoms. The zero-order valence-electron chi connectivity index (χ0n) is 19.0. The number of amidine groups is 1. The number of nitrogens with zero attached hydrogens (tertiary/aromatic N) is 4. The summed E-state index contributed by atoms with van der Waals surface area (Å²) in [5.74, 6) is 0.607. The van der Waals surface area contributed by atoms with Gasteiger partial charge in [-0.2, -0.15) is 8.42 Å². The summed E-state index contributed by atoms with van der Waals surface area (Å²) in [6.07, 6.45) is 7.17. The van der Waals surface area contributed by atoms with Crippen LogP contribution in [0.1, 0.15) is 56.9 Å². The van der Waals surface area contributed by atoms with Gasteiger partial charge in [0, 0.05) is 51.1 Å². The molecule has 2 amide bonds. The number of hydrogen-bond acceptors (Lipinski definition) is 6. The quantitative estimate of drug-likeness (QED) is 0.482. The Morgan fingerprint density at radius 3 is 2.21 bits per heavy atom. The van der Waals surface area contributed by atoms with Crippen LogP contribution in [-0.2, 0) is 19.6 Å². The summed E-state index contributed by atoms with van der Waals surface area (Å²) in [5, 5.41) is 0. The van der Waals surface area contributed by atoms with Gasteiger partial charge in [-0.3, -0.25) is 19.4 Å². The maximum Gasteiger partial charge on any atom is 0.285 e. The standard InChI is InChI=1S/C24H32N4O4S/c29-21-17-24(9-3-4-10-24)18-22(30)28(21)12-6-5-11-26-13-15-27(16-14-26)23-19-7-1-2-8-20(19)33(31,32)25-23/h1-2,7-8H,3-6,9-18H2. The summed E-state index contributed by atoms with van der Waals surface area (Å²) in [5.41, 5.74) is 0.662. The molecule has 4 aliphatic rings. The van der Waals surface area contributed by atoms with Crippen LogP contribution in [0.15, 0.2) is 33.6 Å². The van der Waals surface area contributed by atoms with Crippen LogP contribution >= 0.6 is 0 Å². The topological polar surface area (TPSA) is 90.4 Å². The molecule has 1 aliphatic carbocycles. The van der Waals surface area contributed by atoms with Crippen LogP contribution < -0.4 is 0 Å². The van der Waals surface area contributed by atoms with Crippen LogP contribution in [0.25, 0.3) is 0 Å². The number of rotatable bonds is 5. The van der Waals surface area contributed by atoms with Gasteiger partial charge in [0.1, 0.15) is 4.90 Å². The Morgan fingerprint density at radius 1 is 0.879 bits per heavy atom. The number of piperidine rings is 1. The highest BCUT2D eigenvalue weighted by atomic mass is 32.2. The summed E-state index contributed by atoms with van der Waals surface area (Å²) >= 11 is 0. The molecule has 1 aromatic carbocycles. The molecular weight excluding hydrogens is 440 g/mol. The van der Waals surface area contributed by atoms with E-state index in [0.29, 0.717) is 35.7 Å². The Labute approximate surface area is 195 Å². The van der Waals surface area contributed by atoms with Gasteiger partial charge in [0.2, 0.25) is 11.8 Å². The van der Waals surface area contributed by atoms with Gasteiger partial charge in [0.05, 0.1) is 0 Å². The van der Waals surface area contributed by atoms with Gasteiger partial charge in [-0.1, -0.05) is 25.0 Å². The fourth-order valence-electron chi connectivity index (χ4n) is 5.87. The number of piperazine rings is 1. The van der Waals surface area contributed by atoms with E-state index in [-0.39, 0.29) is 17.2 Å². The van der Waals surface area contributed by atoms with Gasteiger partial charge in [-0.05, 0) is 49.8 Å². The minimum atomic E-state index is -3.59. The second-order valence-electron chi connectivity index (χ2n) is 9.92. The van der Waals surface area contributed by atoms with Crippen LogP contribution in [0.5, 0.6) is 0 Å². The Hall–Kier alpha value is -2.26. The zero-order valence-corrected chi connectivity index (χ0v) is 19.9. The molecule has 1 spiro atoms. The summed E-state index contributed by atoms with van der Waals surface area (Å²) in [6.45, 7) is 4.58. The molecule has 1 aromatic rings. The molecule has 1 saturated carbocycles. The number of sulfonamides is 1. The summed E-state index contributed by atoms with van der Waals surface area (Å²) in [4.78, 5) is 31.4. The number of imide groups is 1. The molecule has 3 aliphatic heterocycles. The van der Waals surface area contributed by atoms with Crippen LogP contribution in [0.2, 0.25) is 0 Å². The molecule has 0 N–H and O–H groups in total. The lowest BCUT2D eigenvalue weighted by Gasteiger charge is -2.37. The Bertz CT molecular complexity index is 1050. The van der Waals surface area contributed by atoms with Crippen molar-refractivity contribution in [2.24, 2.45) is 9.81 Å². The number of hydrogen-bond donors (Lipinski definition) is 0. The molecule has 8 nitrogen and oxygen atoms in total. The van der Waals surface area contributed by atoms with E-state index >= 15 is 0 Å². The minimum absolute atomic E-state index is 0.0225. The van der Waals surface area contributed by atoms with Gasteiger partial charge in [-0.25, -0.2) is 0 Å². The maximum absolute atomic E-state index is 12.6. The first kappa shape index (κ1) is 22.5. The van der Waals surface area contributed by atoms with Crippen LogP contribution in [0.4, 0.5) is 0 Å². The first-order chi connectivity index (χ1) is 15.9. The van der Waals surface area contributed by atoms with E-state index in [2.05, 4.69) is 14.2 Å². The van der Waals surface area contributed by atoms with E-state index < -0.39 is 10.0 Å². The minimum Gasteiger partial charge on any atom is -0.353 e. The summed E-state index contributed by atoms with van der Waals surface area (Å²) in [6, 6.07) is 7.01. The number of unbranched alkanes of at least 4 members (excludes halogenated alkanes) is 1. The highest BCUT2D eigenvalue weighted by Crippen LogP contribution is 2.46. The number of carbonyl (C=O) groups is 2. The van der Waals surface area contributed by atoms with Crippen molar-refractivity contribution in [1.82, 2.24) is 14.7 Å². The fraction of sp³-hybridized carbons (Fsp3) is 0.625. The Morgan fingerprint density at radius 2 is 1.52 bits per heavy atom. The lowest BCUT2D eigenvalue weighted by Crippen LogP contribution is -2.49. The summed E-state index contributed by atoms with van der Waals surface area (Å²) in [7, 11) is -3.59. The van der Waals surface area contributed by atoms with E-state index in [4.69, 9.17) is 0 Å². The monoisotopic (exact) mass is 472 g/mol. The predicted molar refractivity (Wildman–Crippen MR) is 124 cm³/mol. The van der Waals surface area contributed by atoms with Crippen molar-refractivity contribution in [2.75, 3.05) is 39.3 Å². The largest absolute Gasteiger partial charge is 0.353 e. The van der Waals surface area contributed by atoms with Gasteiger partial charge in [-0.15, -0.1) is 4.40 Å². The first-order valence-corrected chi connectivity index (χ1v) is 13.6. The molecule has 0 aromatic heterocycles. The van der Waals surface area contributed by atoms with Crippen LogP contribution in [-0.4, -0.2) is 80.0 Å². The molecule has 0 unspecified atom stereocenters. The van der Waals surface area contributed by atoms with Crippen molar-refractivity contribution in [2.45, 2.75) is 56.3 Å². The van der Waals surface area contributed by atoms with Gasteiger partial charge < -0.3 is 4.90 Å². The molecule has 3 heterocycles. The third-order valence-corrected chi connectivity index (χ3v) is 9.03. The van der Waals surface area contributed by atoms with Gasteiger partial charge in [0.15, 0.2) is 5.84 Å². The van der Waals surface area contributed by atoms with Crippen molar-refractivity contribution in [3.8, 4) is 0 Å². The summed E-state index contributed by atoms with van der Waals surface area (Å²) < 4.78 is 28.7. The average Bonchev–Trinajstić information content (AvgIpc) is 3.35. The molecule has 178 valence electrons. The SMILES string of the molecule is O=C1CC2(CCCC2)CC(=O)N1CCCCN1CCN(C2=NS(=O)(=O)c3ccccc32)CC1. The fourth-order valence-corrected chi connectivity index (χ4v) is 7.09. The van der Waals surface area contributed by atoms with Crippen LogP contribution in [0, 0.1) is 5.41 Å². The van der Waals surface area contributed by atoms with Crippen molar-refractivity contribution >= 4 is 27.7 Å². The zero-order chi connectivity index (χ0) is 23.1. The third-order valence-electron chi connectivity index (χ3n) is 7.71. The lowest BCUT2D eigenvalue weighted by atomic mass is 9.76. The van der Waals surface area contributed by atoms with E-state index in [1.54, 1.807) is 12.1 Å². The molecular formula is C24H32N4O4S. The second-order valence-corrected chi connectivity index (χ2v) is 11.5. The van der Waals surface area contributed by atoms with Crippen LogP contribution in [0.3, 0.4) is 0 Å². The number of carbonyl (C=O) groups excluding carboxylic acids is 2. The molecule has 5 rings (SSSR count). The third kappa shape index (κ3) is 4.45. The van der Waals surface area contributed by atoms with Gasteiger partial charge >= 0.3 is 0 Å². The molecule has 3 fully saturated rings. The van der Waals surface area contributed by atoms with E-state index in [1.807, 2.05) is 12.1 Å². The molecule has 9 heteroatoms. The number of likely N-dealkylation sites (tertiary alicyclic amines) is 1. The van der Waals surface area contributed by atoms with Crippen molar-refractivity contribution in [3.63, 3.8) is 0 Å². The van der Waals surface area contributed by atoms with E-state index in [0.717, 1.165) is 71.2 Å². The van der Waals surface area contributed by atoms with E-state index in [9.17, 15) is 18.0 Å². The first-order valence-electron chi connectivity index (χ1n) is 12.1.